The average molecular weight is 663 g/mol. The van der Waals surface area contributed by atoms with Gasteiger partial charge in [0.15, 0.2) is 0 Å². The summed E-state index contributed by atoms with van der Waals surface area (Å²) >= 11 is 0. The van der Waals surface area contributed by atoms with Crippen molar-refractivity contribution in [2.24, 2.45) is 0 Å². The van der Waals surface area contributed by atoms with Gasteiger partial charge in [0.2, 0.25) is 0 Å². The van der Waals surface area contributed by atoms with Gasteiger partial charge < -0.3 is 4.42 Å². The van der Waals surface area contributed by atoms with Gasteiger partial charge >= 0.3 is 0 Å². The molecule has 1 nitrogen and oxygen atoms in total. The molecular formula is C51H34O. The summed E-state index contributed by atoms with van der Waals surface area (Å²) < 4.78 is 6.27. The van der Waals surface area contributed by atoms with E-state index < -0.39 is 0 Å². The maximum absolute atomic E-state index is 6.27. The first-order valence-electron chi connectivity index (χ1n) is 18.2. The van der Waals surface area contributed by atoms with Crippen molar-refractivity contribution in [3.05, 3.63) is 181 Å². The SMILES string of the molecule is CC1(C)c2ccccc2-c2ccc(-c3c4ccccc4c(-c4ccc5oc6ccccc6c5c4)c4ccc(-c5ccc6ccccc6c5)cc34)cc21. The van der Waals surface area contributed by atoms with Crippen molar-refractivity contribution in [3.63, 3.8) is 0 Å². The number of para-hydroxylation sites is 1. The van der Waals surface area contributed by atoms with Crippen LogP contribution in [0.1, 0.15) is 25.0 Å². The summed E-state index contributed by atoms with van der Waals surface area (Å²) in [7, 11) is 0. The summed E-state index contributed by atoms with van der Waals surface area (Å²) in [6.45, 7) is 4.74. The predicted molar refractivity (Wildman–Crippen MR) is 220 cm³/mol. The van der Waals surface area contributed by atoms with Gasteiger partial charge in [-0.2, -0.15) is 0 Å². The van der Waals surface area contributed by atoms with Crippen LogP contribution in [0.5, 0.6) is 0 Å². The van der Waals surface area contributed by atoms with Gasteiger partial charge in [-0.3, -0.25) is 0 Å². The van der Waals surface area contributed by atoms with E-state index in [0.29, 0.717) is 0 Å². The Labute approximate surface area is 302 Å². The Morgan fingerprint density at radius 2 is 0.904 bits per heavy atom. The van der Waals surface area contributed by atoms with E-state index in [1.165, 1.54) is 88.0 Å². The lowest BCUT2D eigenvalue weighted by atomic mass is 9.80. The van der Waals surface area contributed by atoms with Crippen molar-refractivity contribution in [2.45, 2.75) is 19.3 Å². The number of rotatable bonds is 3. The Morgan fingerprint density at radius 1 is 0.346 bits per heavy atom. The summed E-state index contributed by atoms with van der Waals surface area (Å²) in [5.41, 5.74) is 14.6. The van der Waals surface area contributed by atoms with Crippen LogP contribution in [-0.4, -0.2) is 0 Å². The minimum atomic E-state index is -0.0908. The number of hydrogen-bond donors (Lipinski definition) is 0. The number of fused-ring (bicyclic) bond motifs is 9. The molecule has 0 saturated carbocycles. The van der Waals surface area contributed by atoms with Crippen molar-refractivity contribution in [2.75, 3.05) is 0 Å². The molecule has 0 aliphatic heterocycles. The minimum Gasteiger partial charge on any atom is -0.456 e. The second-order valence-corrected chi connectivity index (χ2v) is 14.9. The zero-order valence-corrected chi connectivity index (χ0v) is 29.1. The van der Waals surface area contributed by atoms with Crippen molar-refractivity contribution >= 4 is 54.3 Å². The minimum absolute atomic E-state index is 0.0908. The molecule has 0 atom stereocenters. The maximum atomic E-state index is 6.27. The normalized spacial score (nSPS) is 13.3. The van der Waals surface area contributed by atoms with E-state index in [1.807, 2.05) is 6.07 Å². The molecular weight excluding hydrogens is 629 g/mol. The number of hydrogen-bond acceptors (Lipinski definition) is 1. The lowest BCUT2D eigenvalue weighted by Crippen LogP contribution is -2.14. The summed E-state index contributed by atoms with van der Waals surface area (Å²) in [5.74, 6) is 0. The molecule has 0 amide bonds. The molecule has 1 heterocycles. The van der Waals surface area contributed by atoms with Gasteiger partial charge in [0, 0.05) is 16.2 Å². The Kier molecular flexibility index (Phi) is 6.08. The molecule has 0 saturated heterocycles. The summed E-state index contributed by atoms with van der Waals surface area (Å²) in [6.07, 6.45) is 0. The molecule has 0 radical (unpaired) electrons. The molecule has 0 unspecified atom stereocenters. The third-order valence-corrected chi connectivity index (χ3v) is 11.6. The van der Waals surface area contributed by atoms with Crippen LogP contribution in [0.25, 0.3) is 98.8 Å². The fourth-order valence-electron chi connectivity index (χ4n) is 9.09. The van der Waals surface area contributed by atoms with E-state index in [2.05, 4.69) is 178 Å². The molecule has 0 N–H and O–H groups in total. The Hall–Kier alpha value is -6.44. The molecule has 52 heavy (non-hydrogen) atoms. The van der Waals surface area contributed by atoms with Crippen LogP contribution in [-0.2, 0) is 5.41 Å². The van der Waals surface area contributed by atoms with Crippen molar-refractivity contribution in [1.82, 2.24) is 0 Å². The van der Waals surface area contributed by atoms with Crippen LogP contribution in [0.15, 0.2) is 174 Å². The molecule has 0 fully saturated rings. The third kappa shape index (κ3) is 4.17. The monoisotopic (exact) mass is 662 g/mol. The van der Waals surface area contributed by atoms with E-state index >= 15 is 0 Å². The van der Waals surface area contributed by atoms with Gasteiger partial charge in [-0.1, -0.05) is 147 Å². The standard InChI is InChI=1S/C51H34O/c1-51(2)45-17-9-7-13-37(45)38-24-22-36(30-46(38)51)50-41-16-6-5-15-40(41)49(35-23-26-48-43(29-35)39-14-8-10-18-47(39)52-48)42-25-21-34(28-44(42)50)33-20-19-31-11-3-4-12-32(31)27-33/h3-30H,1-2H3. The molecule has 10 aromatic rings. The predicted octanol–water partition coefficient (Wildman–Crippen LogP) is 14.4. The van der Waals surface area contributed by atoms with Crippen LogP contribution < -0.4 is 0 Å². The molecule has 11 rings (SSSR count). The highest BCUT2D eigenvalue weighted by atomic mass is 16.3. The zero-order valence-electron chi connectivity index (χ0n) is 29.1. The molecule has 0 bridgehead atoms. The van der Waals surface area contributed by atoms with Crippen molar-refractivity contribution in [3.8, 4) is 44.5 Å². The summed E-state index contributed by atoms with van der Waals surface area (Å²) in [6, 6.07) is 62.7. The van der Waals surface area contributed by atoms with Crippen LogP contribution in [0.4, 0.5) is 0 Å². The quantitative estimate of drug-likeness (QED) is 0.172. The highest BCUT2D eigenvalue weighted by Gasteiger charge is 2.35. The molecule has 1 aromatic heterocycles. The molecule has 1 heteroatoms. The van der Waals surface area contributed by atoms with E-state index in [1.54, 1.807) is 0 Å². The number of furan rings is 1. The highest BCUT2D eigenvalue weighted by molar-refractivity contribution is 6.23. The smallest absolute Gasteiger partial charge is 0.135 e. The van der Waals surface area contributed by atoms with Gasteiger partial charge in [-0.25, -0.2) is 0 Å². The number of benzene rings is 9. The lowest BCUT2D eigenvalue weighted by Gasteiger charge is -2.23. The third-order valence-electron chi connectivity index (χ3n) is 11.6. The van der Waals surface area contributed by atoms with Gasteiger partial charge in [0.25, 0.3) is 0 Å². The molecule has 0 spiro atoms. The van der Waals surface area contributed by atoms with Gasteiger partial charge in [0.1, 0.15) is 11.2 Å². The van der Waals surface area contributed by atoms with Crippen molar-refractivity contribution in [1.29, 1.82) is 0 Å². The first-order chi connectivity index (χ1) is 25.5. The lowest BCUT2D eigenvalue weighted by molar-refractivity contribution is 0.660. The topological polar surface area (TPSA) is 13.1 Å². The zero-order chi connectivity index (χ0) is 34.6. The van der Waals surface area contributed by atoms with Crippen LogP contribution in [0.3, 0.4) is 0 Å². The second-order valence-electron chi connectivity index (χ2n) is 14.9. The van der Waals surface area contributed by atoms with E-state index in [9.17, 15) is 0 Å². The second kappa shape index (κ2) is 10.8. The summed E-state index contributed by atoms with van der Waals surface area (Å²) in [5, 5.41) is 9.79. The van der Waals surface area contributed by atoms with Gasteiger partial charge in [0.05, 0.1) is 0 Å². The van der Waals surface area contributed by atoms with Gasteiger partial charge in [-0.15, -0.1) is 0 Å². The van der Waals surface area contributed by atoms with Crippen molar-refractivity contribution < 1.29 is 4.42 Å². The average Bonchev–Trinajstić information content (AvgIpc) is 3.67. The Bertz CT molecular complexity index is 3100. The molecule has 244 valence electrons. The molecule has 9 aromatic carbocycles. The maximum Gasteiger partial charge on any atom is 0.135 e. The van der Waals surface area contributed by atoms with Crippen LogP contribution >= 0.6 is 0 Å². The molecule has 1 aliphatic rings. The highest BCUT2D eigenvalue weighted by Crippen LogP contribution is 2.51. The van der Waals surface area contributed by atoms with Gasteiger partial charge in [-0.05, 0) is 124 Å². The Morgan fingerprint density at radius 3 is 1.77 bits per heavy atom. The van der Waals surface area contributed by atoms with E-state index in [4.69, 9.17) is 4.42 Å². The van der Waals surface area contributed by atoms with Crippen LogP contribution in [0.2, 0.25) is 0 Å². The fraction of sp³-hybridized carbons (Fsp3) is 0.0588. The first-order valence-corrected chi connectivity index (χ1v) is 18.2. The van der Waals surface area contributed by atoms with Crippen LogP contribution in [0, 0.1) is 0 Å². The first kappa shape index (κ1) is 29.3. The summed E-state index contributed by atoms with van der Waals surface area (Å²) in [4.78, 5) is 0. The largest absolute Gasteiger partial charge is 0.456 e. The van der Waals surface area contributed by atoms with E-state index in [-0.39, 0.29) is 5.41 Å². The molecule has 1 aliphatic carbocycles. The fourth-order valence-corrected chi connectivity index (χ4v) is 9.09. The Balaban J connectivity index is 1.23. The van der Waals surface area contributed by atoms with E-state index in [0.717, 1.165) is 21.9 Å².